The van der Waals surface area contributed by atoms with Gasteiger partial charge >= 0.3 is 5.97 Å². The molecule has 0 fully saturated rings. The number of allylic oxidation sites excluding steroid dienone is 1. The van der Waals surface area contributed by atoms with E-state index in [9.17, 15) is 18.0 Å². The monoisotopic (exact) mass is 389 g/mol. The van der Waals surface area contributed by atoms with Crippen LogP contribution in [0.3, 0.4) is 0 Å². The van der Waals surface area contributed by atoms with Crippen LogP contribution >= 0.6 is 0 Å². The van der Waals surface area contributed by atoms with Crippen LogP contribution in [0, 0.1) is 12.3 Å². The van der Waals surface area contributed by atoms with E-state index in [1.807, 2.05) is 13.8 Å². The minimum absolute atomic E-state index is 0.0661. The molecule has 3 rings (SSSR count). The molecule has 6 nitrogen and oxygen atoms in total. The van der Waals surface area contributed by atoms with Crippen LogP contribution in [-0.4, -0.2) is 37.8 Å². The molecule has 0 radical (unpaired) electrons. The summed E-state index contributed by atoms with van der Waals surface area (Å²) in [6.07, 6.45) is 3.31. The van der Waals surface area contributed by atoms with Crippen molar-refractivity contribution in [3.63, 3.8) is 0 Å². The predicted octanol–water partition coefficient (Wildman–Crippen LogP) is 2.74. The molecule has 1 aromatic rings. The molecule has 0 unspecified atom stereocenters. The number of sulfonamides is 1. The molecule has 0 saturated heterocycles. The van der Waals surface area contributed by atoms with Crippen molar-refractivity contribution in [1.82, 2.24) is 4.31 Å². The molecule has 2 atom stereocenters. The quantitative estimate of drug-likeness (QED) is 0.587. The van der Waals surface area contributed by atoms with Gasteiger partial charge in [0.15, 0.2) is 0 Å². The highest BCUT2D eigenvalue weighted by Gasteiger charge is 2.56. The molecule has 1 aromatic carbocycles. The Hall–Kier alpha value is -2.41. The van der Waals surface area contributed by atoms with Crippen LogP contribution in [0.2, 0.25) is 0 Å². The van der Waals surface area contributed by atoms with Crippen LogP contribution in [0.25, 0.3) is 0 Å². The van der Waals surface area contributed by atoms with Crippen LogP contribution in [0.1, 0.15) is 32.3 Å². The third-order valence-corrected chi connectivity index (χ3v) is 7.57. The summed E-state index contributed by atoms with van der Waals surface area (Å²) >= 11 is 0. The summed E-state index contributed by atoms with van der Waals surface area (Å²) in [5.41, 5.74) is 1.32. The van der Waals surface area contributed by atoms with Crippen molar-refractivity contribution in [2.75, 3.05) is 7.11 Å². The fraction of sp³-hybridized carbons (Fsp3) is 0.400. The number of carbonyl (C=O) groups is 2. The SMILES string of the molecule is COC(=O)[C@@]12C=CC(=O)N(S(=O)(=O)c3ccccc3C)[C@@H]1CC(C)=C(C)C2. The fourth-order valence-electron chi connectivity index (χ4n) is 3.97. The highest BCUT2D eigenvalue weighted by Crippen LogP contribution is 2.47. The number of hydrogen-bond donors (Lipinski definition) is 0. The Bertz CT molecular complexity index is 976. The Labute approximate surface area is 159 Å². The summed E-state index contributed by atoms with van der Waals surface area (Å²) < 4.78 is 32.7. The van der Waals surface area contributed by atoms with E-state index in [1.165, 1.54) is 25.3 Å². The molecular formula is C20H23NO5S. The van der Waals surface area contributed by atoms with Crippen LogP contribution in [0.15, 0.2) is 52.5 Å². The summed E-state index contributed by atoms with van der Waals surface area (Å²) in [7, 11) is -2.85. The second kappa shape index (κ2) is 6.64. The molecule has 0 bridgehead atoms. The third kappa shape index (κ3) is 2.90. The normalized spacial score (nSPS) is 25.4. The molecule has 7 heteroatoms. The van der Waals surface area contributed by atoms with Gasteiger partial charge in [-0.2, -0.15) is 0 Å². The summed E-state index contributed by atoms with van der Waals surface area (Å²) in [4.78, 5) is 25.5. The van der Waals surface area contributed by atoms with E-state index in [-0.39, 0.29) is 4.90 Å². The van der Waals surface area contributed by atoms with E-state index in [0.717, 1.165) is 15.5 Å². The molecule has 1 aliphatic heterocycles. The highest BCUT2D eigenvalue weighted by molar-refractivity contribution is 7.89. The molecule has 0 saturated carbocycles. The van der Waals surface area contributed by atoms with E-state index in [4.69, 9.17) is 4.74 Å². The lowest BCUT2D eigenvalue weighted by Gasteiger charge is -2.47. The maximum Gasteiger partial charge on any atom is 0.318 e. The lowest BCUT2D eigenvalue weighted by atomic mass is 9.67. The first-order valence-electron chi connectivity index (χ1n) is 8.72. The second-order valence-electron chi connectivity index (χ2n) is 7.23. The minimum atomic E-state index is -4.13. The first-order chi connectivity index (χ1) is 12.6. The zero-order valence-corrected chi connectivity index (χ0v) is 16.7. The van der Waals surface area contributed by atoms with Crippen molar-refractivity contribution in [1.29, 1.82) is 0 Å². The number of hydrogen-bond acceptors (Lipinski definition) is 5. The van der Waals surface area contributed by atoms with Crippen molar-refractivity contribution in [3.8, 4) is 0 Å². The van der Waals surface area contributed by atoms with Gasteiger partial charge in [0.05, 0.1) is 18.0 Å². The van der Waals surface area contributed by atoms with E-state index in [2.05, 4.69) is 0 Å². The van der Waals surface area contributed by atoms with Crippen LogP contribution < -0.4 is 0 Å². The smallest absolute Gasteiger partial charge is 0.318 e. The van der Waals surface area contributed by atoms with Gasteiger partial charge in [-0.3, -0.25) is 9.59 Å². The van der Waals surface area contributed by atoms with Crippen LogP contribution in [0.4, 0.5) is 0 Å². The van der Waals surface area contributed by atoms with Gasteiger partial charge in [0, 0.05) is 6.08 Å². The van der Waals surface area contributed by atoms with E-state index >= 15 is 0 Å². The van der Waals surface area contributed by atoms with Crippen LogP contribution in [-0.2, 0) is 24.3 Å². The average Bonchev–Trinajstić information content (AvgIpc) is 2.62. The largest absolute Gasteiger partial charge is 0.468 e. The van der Waals surface area contributed by atoms with Gasteiger partial charge in [0.25, 0.3) is 15.9 Å². The van der Waals surface area contributed by atoms with Gasteiger partial charge in [-0.15, -0.1) is 0 Å². The van der Waals surface area contributed by atoms with Gasteiger partial charge < -0.3 is 4.74 Å². The number of aryl methyl sites for hydroxylation is 1. The zero-order valence-electron chi connectivity index (χ0n) is 15.9. The standard InChI is InChI=1S/C20H23NO5S/c1-13-7-5-6-8-16(13)27(24,25)21-17-11-14(2)15(3)12-20(17,19(23)26-4)10-9-18(21)22/h5-10,17H,11-12H2,1-4H3/t17-,20-/m1/s1. The van der Waals surface area contributed by atoms with Gasteiger partial charge in [0.2, 0.25) is 0 Å². The molecule has 0 aromatic heterocycles. The maximum absolute atomic E-state index is 13.4. The number of rotatable bonds is 3. The lowest BCUT2D eigenvalue weighted by molar-refractivity contribution is -0.154. The van der Waals surface area contributed by atoms with Crippen molar-refractivity contribution in [2.24, 2.45) is 5.41 Å². The first kappa shape index (κ1) is 19.4. The summed E-state index contributed by atoms with van der Waals surface area (Å²) in [6.45, 7) is 5.50. The lowest BCUT2D eigenvalue weighted by Crippen LogP contribution is -2.59. The predicted molar refractivity (Wildman–Crippen MR) is 100 cm³/mol. The van der Waals surface area contributed by atoms with Gasteiger partial charge in [-0.05, 0) is 45.2 Å². The Kier molecular flexibility index (Phi) is 4.76. The Morgan fingerprint density at radius 3 is 2.48 bits per heavy atom. The molecule has 1 amide bonds. The fourth-order valence-corrected chi connectivity index (χ4v) is 5.80. The number of amides is 1. The summed E-state index contributed by atoms with van der Waals surface area (Å²) in [5, 5.41) is 0. The first-order valence-corrected chi connectivity index (χ1v) is 10.2. The molecule has 0 N–H and O–H groups in total. The van der Waals surface area contributed by atoms with Crippen molar-refractivity contribution in [2.45, 2.75) is 44.6 Å². The number of carbonyl (C=O) groups excluding carboxylic acids is 2. The third-order valence-electron chi connectivity index (χ3n) is 5.60. The molecule has 0 spiro atoms. The topological polar surface area (TPSA) is 80.8 Å². The highest BCUT2D eigenvalue weighted by atomic mass is 32.2. The Morgan fingerprint density at radius 1 is 1.19 bits per heavy atom. The number of esters is 1. The molecule has 1 heterocycles. The number of benzene rings is 1. The summed E-state index contributed by atoms with van der Waals surface area (Å²) in [5.74, 6) is -1.18. The number of fused-ring (bicyclic) bond motifs is 1. The van der Waals surface area contributed by atoms with Crippen LogP contribution in [0.5, 0.6) is 0 Å². The number of nitrogens with zero attached hydrogens (tertiary/aromatic N) is 1. The van der Waals surface area contributed by atoms with E-state index in [0.29, 0.717) is 18.4 Å². The van der Waals surface area contributed by atoms with Crippen molar-refractivity contribution >= 4 is 21.9 Å². The van der Waals surface area contributed by atoms with Crippen molar-refractivity contribution in [3.05, 3.63) is 53.1 Å². The molecule has 144 valence electrons. The summed E-state index contributed by atoms with van der Waals surface area (Å²) in [6, 6.07) is 5.67. The van der Waals surface area contributed by atoms with E-state index < -0.39 is 33.4 Å². The number of ether oxygens (including phenoxy) is 1. The molecule has 27 heavy (non-hydrogen) atoms. The molecule has 1 aliphatic carbocycles. The zero-order chi connectivity index (χ0) is 20.0. The maximum atomic E-state index is 13.4. The second-order valence-corrected chi connectivity index (χ2v) is 9.01. The number of methoxy groups -OCH3 is 1. The van der Waals surface area contributed by atoms with Gasteiger partial charge in [-0.1, -0.05) is 35.4 Å². The van der Waals surface area contributed by atoms with E-state index in [1.54, 1.807) is 25.1 Å². The minimum Gasteiger partial charge on any atom is -0.468 e. The molecular weight excluding hydrogens is 366 g/mol. The van der Waals surface area contributed by atoms with Gasteiger partial charge in [-0.25, -0.2) is 12.7 Å². The Balaban J connectivity index is 2.22. The van der Waals surface area contributed by atoms with Crippen molar-refractivity contribution < 1.29 is 22.7 Å². The molecule has 2 aliphatic rings. The average molecular weight is 389 g/mol. The Morgan fingerprint density at radius 2 is 1.85 bits per heavy atom. The van der Waals surface area contributed by atoms with Gasteiger partial charge in [0.1, 0.15) is 5.41 Å².